The zero-order chi connectivity index (χ0) is 38.2. The summed E-state index contributed by atoms with van der Waals surface area (Å²) < 4.78 is 4.93. The lowest BCUT2D eigenvalue weighted by atomic mass is 10.0. The summed E-state index contributed by atoms with van der Waals surface area (Å²) in [6, 6.07) is 71.0. The predicted molar refractivity (Wildman–Crippen MR) is 239 cm³/mol. The van der Waals surface area contributed by atoms with Crippen LogP contribution in [0.4, 0.5) is 0 Å². The maximum atomic E-state index is 4.93. The number of para-hydroxylation sites is 2. The first-order chi connectivity index (χ1) is 28.8. The number of pyridine rings is 1. The number of aromatic nitrogens is 5. The highest BCUT2D eigenvalue weighted by Crippen LogP contribution is 2.41. The van der Waals surface area contributed by atoms with E-state index in [1.807, 2.05) is 60.7 Å². The molecule has 12 rings (SSSR count). The third-order valence-electron chi connectivity index (χ3n) is 11.5. The van der Waals surface area contributed by atoms with Crippen molar-refractivity contribution in [2.24, 2.45) is 0 Å². The second-order valence-electron chi connectivity index (χ2n) is 14.8. The molecule has 0 aliphatic carbocycles. The molecule has 0 amide bonds. The molecule has 4 aromatic heterocycles. The Morgan fingerprint density at radius 1 is 0.293 bits per heavy atom. The van der Waals surface area contributed by atoms with Gasteiger partial charge in [0.2, 0.25) is 0 Å². The van der Waals surface area contributed by atoms with Gasteiger partial charge in [-0.05, 0) is 46.8 Å². The van der Waals surface area contributed by atoms with Crippen molar-refractivity contribution >= 4 is 59.9 Å². The quantitative estimate of drug-likeness (QED) is 0.165. The maximum Gasteiger partial charge on any atom is 0.164 e. The van der Waals surface area contributed by atoms with E-state index in [1.165, 1.54) is 59.9 Å². The van der Waals surface area contributed by atoms with Crippen molar-refractivity contribution in [2.75, 3.05) is 0 Å². The van der Waals surface area contributed by atoms with E-state index in [9.17, 15) is 0 Å². The monoisotopic (exact) mass is 739 g/mol. The molecule has 5 nitrogen and oxygen atoms in total. The molecule has 0 saturated carbocycles. The zero-order valence-electron chi connectivity index (χ0n) is 31.3. The van der Waals surface area contributed by atoms with Gasteiger partial charge in [-0.3, -0.25) is 0 Å². The third-order valence-corrected chi connectivity index (χ3v) is 11.5. The fraction of sp³-hybridized carbons (Fsp3) is 0. The lowest BCUT2D eigenvalue weighted by Gasteiger charge is -2.13. The number of hydrogen-bond acceptors (Lipinski definition) is 3. The van der Waals surface area contributed by atoms with Crippen LogP contribution in [0.3, 0.4) is 0 Å². The molecule has 0 aliphatic rings. The lowest BCUT2D eigenvalue weighted by molar-refractivity contribution is 1.07. The van der Waals surface area contributed by atoms with Gasteiger partial charge < -0.3 is 8.97 Å². The zero-order valence-corrected chi connectivity index (χ0v) is 31.3. The normalized spacial score (nSPS) is 11.8. The highest BCUT2D eigenvalue weighted by molar-refractivity contribution is 6.22. The second-order valence-corrected chi connectivity index (χ2v) is 14.8. The van der Waals surface area contributed by atoms with E-state index in [-0.39, 0.29) is 0 Å². The highest BCUT2D eigenvalue weighted by Gasteiger charge is 2.20. The maximum absolute atomic E-state index is 4.93. The smallest absolute Gasteiger partial charge is 0.164 e. The van der Waals surface area contributed by atoms with Gasteiger partial charge in [0.25, 0.3) is 0 Å². The van der Waals surface area contributed by atoms with Crippen molar-refractivity contribution in [2.45, 2.75) is 0 Å². The van der Waals surface area contributed by atoms with Crippen LogP contribution in [0.5, 0.6) is 0 Å². The van der Waals surface area contributed by atoms with Crippen molar-refractivity contribution in [1.82, 2.24) is 23.9 Å². The SMILES string of the molecule is c1ccc(-c2nc(-c3ccccc3)nc(-c3ccc(-c4ccc(-n5c6ccccc6c6ccc7cc8c9ccccc9c9ccccc9n8c7c65)cc4)cc3)n2)cc1. The second kappa shape index (κ2) is 12.8. The van der Waals surface area contributed by atoms with Crippen LogP contribution in [0.1, 0.15) is 0 Å². The van der Waals surface area contributed by atoms with Crippen molar-refractivity contribution in [3.05, 3.63) is 200 Å². The summed E-state index contributed by atoms with van der Waals surface area (Å²) in [6.07, 6.45) is 0. The first kappa shape index (κ1) is 32.4. The Bertz CT molecular complexity index is 3470. The van der Waals surface area contributed by atoms with E-state index in [2.05, 4.69) is 148 Å². The molecule has 0 radical (unpaired) electrons. The molecule has 0 N–H and O–H groups in total. The predicted octanol–water partition coefficient (Wildman–Crippen LogP) is 13.3. The number of fused-ring (bicyclic) bond motifs is 12. The van der Waals surface area contributed by atoms with Gasteiger partial charge in [0, 0.05) is 49.3 Å². The summed E-state index contributed by atoms with van der Waals surface area (Å²) in [4.78, 5) is 14.7. The molecule has 5 heteroatoms. The molecule has 0 fully saturated rings. The molecular weight excluding hydrogens is 707 g/mol. The van der Waals surface area contributed by atoms with Gasteiger partial charge >= 0.3 is 0 Å². The average molecular weight is 740 g/mol. The van der Waals surface area contributed by atoms with Crippen LogP contribution in [0, 0.1) is 0 Å². The molecule has 58 heavy (non-hydrogen) atoms. The summed E-state index contributed by atoms with van der Waals surface area (Å²) in [5.41, 5.74) is 12.3. The number of rotatable bonds is 5. The number of nitrogens with zero attached hydrogens (tertiary/aromatic N) is 5. The van der Waals surface area contributed by atoms with Crippen LogP contribution in [0.25, 0.3) is 111 Å². The van der Waals surface area contributed by atoms with Gasteiger partial charge in [-0.2, -0.15) is 0 Å². The third kappa shape index (κ3) is 5.00. The van der Waals surface area contributed by atoms with E-state index < -0.39 is 0 Å². The topological polar surface area (TPSA) is 48.0 Å². The van der Waals surface area contributed by atoms with Crippen molar-refractivity contribution in [3.63, 3.8) is 0 Å². The van der Waals surface area contributed by atoms with Crippen molar-refractivity contribution in [1.29, 1.82) is 0 Å². The average Bonchev–Trinajstić information content (AvgIpc) is 3.87. The van der Waals surface area contributed by atoms with Crippen molar-refractivity contribution < 1.29 is 0 Å². The summed E-state index contributed by atoms with van der Waals surface area (Å²) in [5.74, 6) is 1.95. The van der Waals surface area contributed by atoms with Gasteiger partial charge in [-0.15, -0.1) is 0 Å². The van der Waals surface area contributed by atoms with Gasteiger partial charge in [-0.25, -0.2) is 15.0 Å². The minimum absolute atomic E-state index is 0.644. The van der Waals surface area contributed by atoms with Crippen LogP contribution in [0.2, 0.25) is 0 Å². The van der Waals surface area contributed by atoms with E-state index in [4.69, 9.17) is 15.0 Å². The molecular formula is C53H33N5. The number of benzene rings is 8. The van der Waals surface area contributed by atoms with E-state index in [1.54, 1.807) is 0 Å². The molecule has 0 spiro atoms. The van der Waals surface area contributed by atoms with E-state index >= 15 is 0 Å². The highest BCUT2D eigenvalue weighted by atomic mass is 15.0. The lowest BCUT2D eigenvalue weighted by Crippen LogP contribution is -2.00. The number of hydrogen-bond donors (Lipinski definition) is 0. The molecule has 0 unspecified atom stereocenters. The fourth-order valence-corrected chi connectivity index (χ4v) is 8.85. The van der Waals surface area contributed by atoms with Gasteiger partial charge in [0.05, 0.1) is 27.6 Å². The van der Waals surface area contributed by atoms with Crippen LogP contribution in [-0.2, 0) is 0 Å². The molecule has 0 saturated heterocycles. The summed E-state index contributed by atoms with van der Waals surface area (Å²) in [7, 11) is 0. The first-order valence-corrected chi connectivity index (χ1v) is 19.6. The summed E-state index contributed by atoms with van der Waals surface area (Å²) >= 11 is 0. The standard InChI is InChI=1S/C53H33N5/c1-3-13-36(14-4-1)51-54-52(37-15-5-2-6-16-37)56-53(55-51)38-25-23-34(24-26-38)35-27-30-40(31-28-35)57-46-21-11-10-20-44(46)45-32-29-39-33-48-43-19-8-7-17-41(43)42-18-9-12-22-47(42)58(48)49(39)50(45)57/h1-33H. The van der Waals surface area contributed by atoms with E-state index in [0.717, 1.165) is 33.5 Å². The molecule has 0 aliphatic heterocycles. The molecule has 0 bridgehead atoms. The molecule has 8 aromatic carbocycles. The first-order valence-electron chi connectivity index (χ1n) is 19.6. The van der Waals surface area contributed by atoms with Crippen LogP contribution < -0.4 is 0 Å². The minimum Gasteiger partial charge on any atom is -0.307 e. The van der Waals surface area contributed by atoms with Crippen LogP contribution in [0.15, 0.2) is 200 Å². The molecule has 0 atom stereocenters. The summed E-state index contributed by atoms with van der Waals surface area (Å²) in [6.45, 7) is 0. The fourth-order valence-electron chi connectivity index (χ4n) is 8.85. The Hall–Kier alpha value is -7.89. The molecule has 4 heterocycles. The Kier molecular flexibility index (Phi) is 7.16. The van der Waals surface area contributed by atoms with Gasteiger partial charge in [-0.1, -0.05) is 170 Å². The van der Waals surface area contributed by atoms with Crippen LogP contribution in [-0.4, -0.2) is 23.9 Å². The molecule has 12 aromatic rings. The Morgan fingerprint density at radius 3 is 1.34 bits per heavy atom. The van der Waals surface area contributed by atoms with E-state index in [0.29, 0.717) is 17.5 Å². The largest absolute Gasteiger partial charge is 0.307 e. The van der Waals surface area contributed by atoms with Crippen LogP contribution >= 0.6 is 0 Å². The van der Waals surface area contributed by atoms with Crippen molar-refractivity contribution in [3.8, 4) is 51.0 Å². The minimum atomic E-state index is 0.644. The van der Waals surface area contributed by atoms with Gasteiger partial charge in [0.1, 0.15) is 0 Å². The molecule has 270 valence electrons. The Morgan fingerprint density at radius 2 is 0.741 bits per heavy atom. The Balaban J connectivity index is 0.986. The van der Waals surface area contributed by atoms with Gasteiger partial charge in [0.15, 0.2) is 17.5 Å². The Labute approximate surface area is 333 Å². The summed E-state index contributed by atoms with van der Waals surface area (Å²) in [5, 5.41) is 7.48.